The Kier molecular flexibility index (Phi) is 16.6. The minimum Gasteiger partial charge on any atom is -0.450 e. The van der Waals surface area contributed by atoms with Crippen molar-refractivity contribution in [3.8, 4) is 135 Å². The van der Waals surface area contributed by atoms with E-state index in [1.807, 2.05) is 66.7 Å². The van der Waals surface area contributed by atoms with Gasteiger partial charge in [-0.15, -0.1) is 0 Å². The molecule has 6 nitrogen and oxygen atoms in total. The van der Waals surface area contributed by atoms with E-state index < -0.39 is 10.8 Å². The Bertz CT molecular complexity index is 6640. The van der Waals surface area contributed by atoms with E-state index in [0.717, 1.165) is 90.6 Å². The van der Waals surface area contributed by atoms with Gasteiger partial charge >= 0.3 is 0 Å². The van der Waals surface area contributed by atoms with Crippen molar-refractivity contribution in [2.45, 2.75) is 10.8 Å². The molecule has 4 aliphatic carbocycles. The molecule has 0 unspecified atom stereocenters. The van der Waals surface area contributed by atoms with Crippen molar-refractivity contribution in [2.24, 2.45) is 0 Å². The van der Waals surface area contributed by atoms with Crippen LogP contribution < -0.4 is 29.2 Å². The summed E-state index contributed by atoms with van der Waals surface area (Å²) in [5.41, 5.74) is 33.7. The van der Waals surface area contributed by atoms with E-state index in [1.54, 1.807) is 0 Å². The second-order valence-electron chi connectivity index (χ2n) is 30.3. The van der Waals surface area contributed by atoms with Crippen molar-refractivity contribution < 1.29 is 18.9 Å². The third kappa shape index (κ3) is 11.5. The molecule has 0 fully saturated rings. The summed E-state index contributed by atoms with van der Waals surface area (Å²) < 4.78 is 25.8. The number of anilines is 5. The monoisotopic (exact) mass is 1520 g/mol. The van der Waals surface area contributed by atoms with Gasteiger partial charge in [0.25, 0.3) is 0 Å². The van der Waals surface area contributed by atoms with Crippen molar-refractivity contribution in [1.29, 1.82) is 0 Å². The third-order valence-corrected chi connectivity index (χ3v) is 24.1. The molecule has 0 saturated carbocycles. The number of rotatable bonds is 9. The van der Waals surface area contributed by atoms with Gasteiger partial charge in [-0.05, 0) is 255 Å². The molecule has 0 atom stereocenters. The third-order valence-electron chi connectivity index (χ3n) is 23.8. The Hall–Kier alpha value is -15.0. The lowest BCUT2D eigenvalue weighted by molar-refractivity contribution is 0.359. The van der Waals surface area contributed by atoms with Crippen LogP contribution in [0.2, 0.25) is 5.02 Å². The fourth-order valence-electron chi connectivity index (χ4n) is 18.6. The number of nitrogens with one attached hydrogen (secondary N) is 1. The second-order valence-corrected chi connectivity index (χ2v) is 30.7. The van der Waals surface area contributed by atoms with Gasteiger partial charge in [0, 0.05) is 33.5 Å². The molecule has 6 aliphatic rings. The van der Waals surface area contributed by atoms with E-state index in [0.29, 0.717) is 0 Å². The maximum atomic E-state index is 6.62. The lowest BCUT2D eigenvalue weighted by Crippen LogP contribution is -2.26. The number of hydrogen-bond acceptors (Lipinski definition) is 6. The summed E-state index contributed by atoms with van der Waals surface area (Å²) in [7, 11) is 0. The van der Waals surface area contributed by atoms with Crippen LogP contribution in [-0.4, -0.2) is 0 Å². The van der Waals surface area contributed by atoms with Crippen molar-refractivity contribution >= 4 is 40.0 Å². The van der Waals surface area contributed by atoms with Crippen LogP contribution in [-0.2, 0) is 10.8 Å². The number of para-hydroxylation sites is 4. The van der Waals surface area contributed by atoms with Gasteiger partial charge < -0.3 is 29.2 Å². The molecule has 1 N–H and O–H groups in total. The molecule has 0 saturated heterocycles. The lowest BCUT2D eigenvalue weighted by atomic mass is 9.70. The van der Waals surface area contributed by atoms with Gasteiger partial charge in [-0.2, -0.15) is 0 Å². The zero-order valence-corrected chi connectivity index (χ0v) is 64.1. The van der Waals surface area contributed by atoms with Crippen LogP contribution in [0.4, 0.5) is 28.4 Å². The lowest BCUT2D eigenvalue weighted by Gasteiger charge is -2.32. The first kappa shape index (κ1) is 68.8. The number of benzene rings is 18. The van der Waals surface area contributed by atoms with Crippen LogP contribution >= 0.6 is 11.6 Å². The van der Waals surface area contributed by atoms with Crippen molar-refractivity contribution in [3.05, 3.63) is 474 Å². The standard InChI is InChI=1S/C55H35NO2.C31H17ClO2.C24H19N/c1-3-13-36(14-4-1)38-23-27-40(28-24-38)56(41-29-25-39(26-30-41)37-15-5-2-6-16-37)42-31-32-45-46-34-53-54(58-52-22-12-11-21-51(52)57-53)35-50(46)55(49(45)33-42)47-19-9-7-17-43(47)44-18-8-10-20-48(44)55;32-18-13-14-21-22-16-29-30(34-28-12-6-5-11-27(28)33-29)17-26(22)31(25(21)15-18)23-9-3-1-7-19(23)20-8-2-4-10-24(20)31;1-3-7-19(8-4-1)21-11-15-23(16-12-21)25-24-17-13-22(14-18-24)20-9-5-2-6-10-20/h1-35H;1-17H;1-18,25H. The first-order valence-electron chi connectivity index (χ1n) is 39.7. The molecule has 0 bridgehead atoms. The van der Waals surface area contributed by atoms with Crippen molar-refractivity contribution in [3.63, 3.8) is 0 Å². The molecule has 2 spiro atoms. The number of fused-ring (bicyclic) bond motifs is 24. The zero-order chi connectivity index (χ0) is 77.5. The SMILES string of the molecule is Clc1ccc2c(c1)C1(c3ccccc3-c3ccccc31)c1cc3c(cc1-2)Oc1ccccc1O3.c1ccc(-c2ccc(N(c3ccc(-c4ccccc4)cc3)c3ccc4c(c3)C3(c5ccccc5-c5ccccc53)c3cc5c(cc3-4)Oc3ccccc3O5)cc2)cc1.c1ccc(-c2ccc(Nc3ccc(-c4ccccc4)cc3)cc2)cc1. The molecule has 2 aliphatic heterocycles. The molecule has 0 amide bonds. The summed E-state index contributed by atoms with van der Waals surface area (Å²) in [6, 6.07) is 150. The summed E-state index contributed by atoms with van der Waals surface area (Å²) in [6.07, 6.45) is 0. The molecule has 552 valence electrons. The molecule has 2 heterocycles. The highest BCUT2D eigenvalue weighted by atomic mass is 35.5. The van der Waals surface area contributed by atoms with Gasteiger partial charge in [0.05, 0.1) is 10.8 Å². The first-order chi connectivity index (χ1) is 57.9. The Morgan fingerprint density at radius 1 is 0.188 bits per heavy atom. The minimum absolute atomic E-state index is 0.460. The van der Waals surface area contributed by atoms with Gasteiger partial charge in [-0.25, -0.2) is 0 Å². The number of hydrogen-bond donors (Lipinski definition) is 1. The van der Waals surface area contributed by atoms with Gasteiger partial charge in [-0.3, -0.25) is 0 Å². The van der Waals surface area contributed by atoms with E-state index >= 15 is 0 Å². The first-order valence-corrected chi connectivity index (χ1v) is 40.0. The number of halogens is 1. The molecule has 0 aromatic heterocycles. The van der Waals surface area contributed by atoms with Gasteiger partial charge in [0.15, 0.2) is 46.0 Å². The van der Waals surface area contributed by atoms with Crippen LogP contribution in [0.5, 0.6) is 46.0 Å². The van der Waals surface area contributed by atoms with Gasteiger partial charge in [0.1, 0.15) is 0 Å². The Labute approximate surface area is 684 Å². The van der Waals surface area contributed by atoms with E-state index in [-0.39, 0.29) is 0 Å². The van der Waals surface area contributed by atoms with E-state index in [9.17, 15) is 0 Å². The largest absolute Gasteiger partial charge is 0.450 e. The van der Waals surface area contributed by atoms with Gasteiger partial charge in [-0.1, -0.05) is 315 Å². The predicted molar refractivity (Wildman–Crippen MR) is 476 cm³/mol. The molecule has 0 radical (unpaired) electrons. The normalized spacial score (nSPS) is 13.1. The van der Waals surface area contributed by atoms with E-state index in [4.69, 9.17) is 30.5 Å². The summed E-state index contributed by atoms with van der Waals surface area (Å²) in [5.74, 6) is 5.83. The van der Waals surface area contributed by atoms with E-state index in [2.05, 4.69) is 368 Å². The van der Waals surface area contributed by atoms with E-state index in [1.165, 1.54) is 122 Å². The second kappa shape index (κ2) is 28.3. The number of nitrogens with zero attached hydrogens (tertiary/aromatic N) is 1. The topological polar surface area (TPSA) is 52.2 Å². The summed E-state index contributed by atoms with van der Waals surface area (Å²) >= 11 is 6.62. The summed E-state index contributed by atoms with van der Waals surface area (Å²) in [6.45, 7) is 0. The average molecular weight is 1520 g/mol. The maximum Gasteiger partial charge on any atom is 0.170 e. The Morgan fingerprint density at radius 2 is 0.444 bits per heavy atom. The molecular formula is C110H71ClN2O4. The Morgan fingerprint density at radius 3 is 0.795 bits per heavy atom. The zero-order valence-electron chi connectivity index (χ0n) is 63.4. The van der Waals surface area contributed by atoms with Crippen LogP contribution in [0.25, 0.3) is 89.0 Å². The van der Waals surface area contributed by atoms with Crippen molar-refractivity contribution in [2.75, 3.05) is 10.2 Å². The molecule has 117 heavy (non-hydrogen) atoms. The molecule has 18 aromatic carbocycles. The highest BCUT2D eigenvalue weighted by molar-refractivity contribution is 6.31. The molecule has 24 rings (SSSR count). The smallest absolute Gasteiger partial charge is 0.170 e. The minimum atomic E-state index is -0.580. The quantitative estimate of drug-likeness (QED) is 0.155. The Balaban J connectivity index is 0.000000118. The maximum absolute atomic E-state index is 6.62. The summed E-state index contributed by atoms with van der Waals surface area (Å²) in [5, 5.41) is 4.20. The van der Waals surface area contributed by atoms with Gasteiger partial charge in [0.2, 0.25) is 0 Å². The molecule has 18 aromatic rings. The van der Waals surface area contributed by atoms with Crippen LogP contribution in [0, 0.1) is 0 Å². The fraction of sp³-hybridized carbons (Fsp3) is 0.0182. The van der Waals surface area contributed by atoms with Crippen LogP contribution in [0.1, 0.15) is 44.5 Å². The van der Waals surface area contributed by atoms with Crippen LogP contribution in [0.15, 0.2) is 425 Å². The fourth-order valence-corrected chi connectivity index (χ4v) is 18.8. The molecule has 7 heteroatoms. The van der Waals surface area contributed by atoms with Crippen LogP contribution in [0.3, 0.4) is 0 Å². The van der Waals surface area contributed by atoms with Crippen molar-refractivity contribution in [1.82, 2.24) is 0 Å². The molecular weight excluding hydrogens is 1450 g/mol. The average Bonchev–Trinajstić information content (AvgIpc) is 1.51. The highest BCUT2D eigenvalue weighted by Gasteiger charge is 2.54. The highest BCUT2D eigenvalue weighted by Crippen LogP contribution is 2.68. The summed E-state index contributed by atoms with van der Waals surface area (Å²) in [4.78, 5) is 2.39. The number of ether oxygens (including phenoxy) is 4. The predicted octanol–water partition coefficient (Wildman–Crippen LogP) is 30.1.